The van der Waals surface area contributed by atoms with Gasteiger partial charge in [-0.05, 0) is 17.7 Å². The Bertz CT molecular complexity index is 455. The Balaban J connectivity index is 2.58. The van der Waals surface area contributed by atoms with Crippen molar-refractivity contribution in [2.24, 2.45) is 5.73 Å². The van der Waals surface area contributed by atoms with Crippen molar-refractivity contribution in [1.29, 1.82) is 0 Å². The molecule has 1 aromatic heterocycles. The number of nitrogens with two attached hydrogens (primary N) is 1. The maximum absolute atomic E-state index is 9.59. The summed E-state index contributed by atoms with van der Waals surface area (Å²) < 4.78 is 5.91. The largest absolute Gasteiger partial charge is 0.443 e. The van der Waals surface area contributed by atoms with Crippen LogP contribution >= 0.6 is 15.9 Å². The van der Waals surface area contributed by atoms with Crippen LogP contribution in [0.15, 0.2) is 27.4 Å². The molecule has 1 atom stereocenters. The molecule has 4 nitrogen and oxygen atoms in total. The van der Waals surface area contributed by atoms with Crippen molar-refractivity contribution in [3.05, 3.63) is 28.6 Å². The van der Waals surface area contributed by atoms with Crippen LogP contribution in [0.1, 0.15) is 11.7 Å². The zero-order valence-corrected chi connectivity index (χ0v) is 8.86. The van der Waals surface area contributed by atoms with Crippen LogP contribution in [0.2, 0.25) is 0 Å². The smallest absolute Gasteiger partial charge is 0.181 e. The van der Waals surface area contributed by atoms with E-state index >= 15 is 0 Å². The van der Waals surface area contributed by atoms with Gasteiger partial charge in [-0.15, -0.1) is 0 Å². The molecule has 0 aliphatic rings. The van der Waals surface area contributed by atoms with Crippen LogP contribution in [-0.4, -0.2) is 16.6 Å². The fourth-order valence-electron chi connectivity index (χ4n) is 1.28. The van der Waals surface area contributed by atoms with Crippen molar-refractivity contribution in [1.82, 2.24) is 4.98 Å². The van der Waals surface area contributed by atoms with Crippen LogP contribution in [0.4, 0.5) is 0 Å². The summed E-state index contributed by atoms with van der Waals surface area (Å²) in [6.45, 7) is 0.179. The molecule has 2 aromatic rings. The normalized spacial score (nSPS) is 13.4. The second-order valence-electron chi connectivity index (χ2n) is 2.95. The third-order valence-corrected chi connectivity index (χ3v) is 2.72. The number of hydrogen-bond donors (Lipinski definition) is 2. The lowest BCUT2D eigenvalue weighted by molar-refractivity contribution is 0.186. The van der Waals surface area contributed by atoms with Gasteiger partial charge in [-0.2, -0.15) is 0 Å². The molecule has 0 radical (unpaired) electrons. The average molecular weight is 257 g/mol. The number of fused-ring (bicyclic) bond motifs is 1. The summed E-state index contributed by atoms with van der Waals surface area (Å²) in [4.78, 5) is 4.00. The van der Waals surface area contributed by atoms with Gasteiger partial charge in [-0.1, -0.05) is 15.9 Å². The van der Waals surface area contributed by atoms with Gasteiger partial charge in [0.2, 0.25) is 0 Å². The maximum atomic E-state index is 9.59. The summed E-state index contributed by atoms with van der Waals surface area (Å²) in [5.74, 6) is 0. The number of rotatable bonds is 2. The minimum Gasteiger partial charge on any atom is -0.443 e. The van der Waals surface area contributed by atoms with Crippen LogP contribution in [0.5, 0.6) is 0 Å². The van der Waals surface area contributed by atoms with Crippen LogP contribution in [0, 0.1) is 0 Å². The second kappa shape index (κ2) is 3.68. The number of benzene rings is 1. The maximum Gasteiger partial charge on any atom is 0.181 e. The van der Waals surface area contributed by atoms with Gasteiger partial charge < -0.3 is 15.3 Å². The lowest BCUT2D eigenvalue weighted by Gasteiger charge is -2.09. The van der Waals surface area contributed by atoms with Gasteiger partial charge in [0.25, 0.3) is 0 Å². The second-order valence-corrected chi connectivity index (χ2v) is 3.80. The lowest BCUT2D eigenvalue weighted by Crippen LogP contribution is -2.11. The van der Waals surface area contributed by atoms with Gasteiger partial charge in [-0.25, -0.2) is 4.98 Å². The fraction of sp³-hybridized carbons (Fsp3) is 0.222. The van der Waals surface area contributed by atoms with Gasteiger partial charge in [0.15, 0.2) is 12.0 Å². The SMILES string of the molecule is NCC(O)c1cc2ocnc2cc1Br. The molecule has 0 spiro atoms. The number of aromatic nitrogens is 1. The number of aliphatic hydroxyl groups is 1. The number of oxazole rings is 1. The Labute approximate surface area is 88.9 Å². The van der Waals surface area contributed by atoms with E-state index in [0.29, 0.717) is 5.58 Å². The molecule has 3 N–H and O–H groups in total. The molecule has 14 heavy (non-hydrogen) atoms. The molecule has 0 amide bonds. The predicted molar refractivity (Wildman–Crippen MR) is 55.7 cm³/mol. The highest BCUT2D eigenvalue weighted by molar-refractivity contribution is 9.10. The van der Waals surface area contributed by atoms with E-state index in [1.54, 1.807) is 12.1 Å². The molecule has 0 bridgehead atoms. The van der Waals surface area contributed by atoms with E-state index in [2.05, 4.69) is 20.9 Å². The number of halogens is 1. The third kappa shape index (κ3) is 1.54. The third-order valence-electron chi connectivity index (χ3n) is 2.03. The van der Waals surface area contributed by atoms with Gasteiger partial charge in [-0.3, -0.25) is 0 Å². The highest BCUT2D eigenvalue weighted by atomic mass is 79.9. The lowest BCUT2D eigenvalue weighted by atomic mass is 10.1. The molecule has 0 saturated heterocycles. The Hall–Kier alpha value is -0.910. The first-order valence-electron chi connectivity index (χ1n) is 4.13. The Morgan fingerprint density at radius 2 is 2.36 bits per heavy atom. The monoisotopic (exact) mass is 256 g/mol. The standard InChI is InChI=1S/C9H9BrN2O2/c10-6-2-7-9(14-4-12-7)1-5(6)8(13)3-11/h1-2,4,8,13H,3,11H2. The molecule has 0 aliphatic heterocycles. The first kappa shape index (κ1) is 9.64. The minimum atomic E-state index is -0.682. The molecule has 0 fully saturated rings. The molecule has 74 valence electrons. The van der Waals surface area contributed by atoms with Crippen molar-refractivity contribution < 1.29 is 9.52 Å². The molecule has 5 heteroatoms. The van der Waals surface area contributed by atoms with Crippen LogP contribution in [0.3, 0.4) is 0 Å². The quantitative estimate of drug-likeness (QED) is 0.856. The summed E-state index contributed by atoms with van der Waals surface area (Å²) in [6.07, 6.45) is 0.689. The average Bonchev–Trinajstić information content (AvgIpc) is 2.62. The topological polar surface area (TPSA) is 72.3 Å². The summed E-state index contributed by atoms with van der Waals surface area (Å²) in [5, 5.41) is 9.59. The molecule has 2 rings (SSSR count). The first-order valence-corrected chi connectivity index (χ1v) is 4.92. The van der Waals surface area contributed by atoms with Crippen LogP contribution in [0.25, 0.3) is 11.1 Å². The van der Waals surface area contributed by atoms with Crippen molar-refractivity contribution in [2.75, 3.05) is 6.54 Å². The molecular formula is C9H9BrN2O2. The molecular weight excluding hydrogens is 248 g/mol. The Morgan fingerprint density at radius 3 is 3.07 bits per heavy atom. The fourth-order valence-corrected chi connectivity index (χ4v) is 1.87. The van der Waals surface area contributed by atoms with Crippen molar-refractivity contribution in [3.8, 4) is 0 Å². The van der Waals surface area contributed by atoms with Crippen molar-refractivity contribution >= 4 is 27.0 Å². The van der Waals surface area contributed by atoms with E-state index in [1.807, 2.05) is 0 Å². The van der Waals surface area contributed by atoms with E-state index < -0.39 is 6.10 Å². The van der Waals surface area contributed by atoms with Crippen LogP contribution in [-0.2, 0) is 0 Å². The van der Waals surface area contributed by atoms with Crippen molar-refractivity contribution in [3.63, 3.8) is 0 Å². The number of hydrogen-bond acceptors (Lipinski definition) is 4. The molecule has 0 saturated carbocycles. The summed E-state index contributed by atoms with van der Waals surface area (Å²) in [5.41, 5.74) is 7.50. The van der Waals surface area contributed by atoms with E-state index in [0.717, 1.165) is 15.6 Å². The minimum absolute atomic E-state index is 0.179. The Kier molecular flexibility index (Phi) is 2.54. The van der Waals surface area contributed by atoms with E-state index in [-0.39, 0.29) is 6.54 Å². The van der Waals surface area contributed by atoms with E-state index in [9.17, 15) is 5.11 Å². The highest BCUT2D eigenvalue weighted by Crippen LogP contribution is 2.27. The first-order chi connectivity index (χ1) is 6.72. The molecule has 1 unspecified atom stereocenters. The number of aliphatic hydroxyl groups excluding tert-OH is 1. The van der Waals surface area contributed by atoms with Crippen LogP contribution < -0.4 is 5.73 Å². The van der Waals surface area contributed by atoms with Gasteiger partial charge in [0.05, 0.1) is 6.10 Å². The highest BCUT2D eigenvalue weighted by Gasteiger charge is 2.12. The molecule has 0 aliphatic carbocycles. The van der Waals surface area contributed by atoms with Gasteiger partial charge in [0, 0.05) is 11.0 Å². The zero-order valence-electron chi connectivity index (χ0n) is 7.27. The number of nitrogens with zero attached hydrogens (tertiary/aromatic N) is 1. The zero-order chi connectivity index (χ0) is 10.1. The predicted octanol–water partition coefficient (Wildman–Crippen LogP) is 1.58. The summed E-state index contributed by atoms with van der Waals surface area (Å²) in [6, 6.07) is 3.54. The van der Waals surface area contributed by atoms with E-state index in [1.165, 1.54) is 6.39 Å². The van der Waals surface area contributed by atoms with Gasteiger partial charge in [0.1, 0.15) is 5.52 Å². The van der Waals surface area contributed by atoms with Gasteiger partial charge >= 0.3 is 0 Å². The summed E-state index contributed by atoms with van der Waals surface area (Å²) in [7, 11) is 0. The Morgan fingerprint density at radius 1 is 1.57 bits per heavy atom. The molecule has 1 heterocycles. The van der Waals surface area contributed by atoms with E-state index in [4.69, 9.17) is 10.2 Å². The molecule has 1 aromatic carbocycles. The van der Waals surface area contributed by atoms with Crippen molar-refractivity contribution in [2.45, 2.75) is 6.10 Å². The summed E-state index contributed by atoms with van der Waals surface area (Å²) >= 11 is 3.35.